The van der Waals surface area contributed by atoms with Gasteiger partial charge in [0.25, 0.3) is 10.0 Å². The smallest absolute Gasteiger partial charge is 0.259 e. The first-order chi connectivity index (χ1) is 15.6. The second-order valence-electron chi connectivity index (χ2n) is 6.46. The molecule has 0 aliphatic heterocycles. The standard InChI is InChI=1S/C21H15Cl3N4O3S2/c1-28(27-21(32)26-19-11-13(22)5-10-18(19)24)33(29,30)15-8-6-14(7-9-15)31-20-4-2-3-17(23)16(20)12-25/h2-11H,1H3,(H2,26,27,32). The molecule has 3 aromatic carbocycles. The lowest BCUT2D eigenvalue weighted by Crippen LogP contribution is -2.45. The van der Waals surface area contributed by atoms with E-state index in [1.807, 2.05) is 6.07 Å². The van der Waals surface area contributed by atoms with E-state index in [4.69, 9.17) is 51.8 Å². The van der Waals surface area contributed by atoms with E-state index < -0.39 is 10.0 Å². The fraction of sp³-hybridized carbons (Fsp3) is 0.0476. The number of hydrogen-bond acceptors (Lipinski definition) is 5. The number of nitriles is 1. The van der Waals surface area contributed by atoms with Crippen LogP contribution in [0.4, 0.5) is 5.69 Å². The minimum absolute atomic E-state index is 0.00446. The van der Waals surface area contributed by atoms with Crippen LogP contribution in [0.25, 0.3) is 0 Å². The predicted molar refractivity (Wildman–Crippen MR) is 133 cm³/mol. The second-order valence-corrected chi connectivity index (χ2v) is 10.1. The maximum Gasteiger partial charge on any atom is 0.259 e. The molecule has 12 heteroatoms. The Morgan fingerprint density at radius 2 is 1.76 bits per heavy atom. The summed E-state index contributed by atoms with van der Waals surface area (Å²) in [6.45, 7) is 0. The summed E-state index contributed by atoms with van der Waals surface area (Å²) in [7, 11) is -2.64. The number of thiocarbonyl (C=S) groups is 1. The largest absolute Gasteiger partial charge is 0.456 e. The van der Waals surface area contributed by atoms with Crippen molar-refractivity contribution < 1.29 is 13.2 Å². The Balaban J connectivity index is 1.71. The number of nitrogens with one attached hydrogen (secondary N) is 2. The van der Waals surface area contributed by atoms with Crippen LogP contribution in [0.5, 0.6) is 11.5 Å². The second kappa shape index (κ2) is 10.6. The summed E-state index contributed by atoms with van der Waals surface area (Å²) in [6.07, 6.45) is 0. The Hall–Kier alpha value is -2.58. The topological polar surface area (TPSA) is 94.5 Å². The summed E-state index contributed by atoms with van der Waals surface area (Å²) >= 11 is 23.2. The molecule has 0 aliphatic carbocycles. The zero-order valence-corrected chi connectivity index (χ0v) is 20.7. The van der Waals surface area contributed by atoms with Crippen molar-refractivity contribution in [1.29, 1.82) is 5.26 Å². The minimum atomic E-state index is -3.95. The minimum Gasteiger partial charge on any atom is -0.456 e. The molecule has 0 aliphatic rings. The average Bonchev–Trinajstić information content (AvgIpc) is 2.77. The van der Waals surface area contributed by atoms with Gasteiger partial charge in [-0.3, -0.25) is 5.43 Å². The van der Waals surface area contributed by atoms with Gasteiger partial charge < -0.3 is 10.1 Å². The number of sulfonamides is 1. The van der Waals surface area contributed by atoms with E-state index in [1.165, 1.54) is 31.3 Å². The molecule has 0 unspecified atom stereocenters. The molecule has 7 nitrogen and oxygen atoms in total. The molecular weight excluding hydrogens is 527 g/mol. The van der Waals surface area contributed by atoms with Crippen molar-refractivity contribution in [2.75, 3.05) is 12.4 Å². The van der Waals surface area contributed by atoms with Gasteiger partial charge in [-0.15, -0.1) is 4.41 Å². The van der Waals surface area contributed by atoms with Crippen LogP contribution in [0.3, 0.4) is 0 Å². The van der Waals surface area contributed by atoms with Gasteiger partial charge in [0.15, 0.2) is 5.11 Å². The van der Waals surface area contributed by atoms with Gasteiger partial charge in [-0.2, -0.15) is 5.26 Å². The Morgan fingerprint density at radius 1 is 1.06 bits per heavy atom. The van der Waals surface area contributed by atoms with Crippen LogP contribution in [0.15, 0.2) is 65.6 Å². The molecule has 0 bridgehead atoms. The first-order valence-electron chi connectivity index (χ1n) is 9.10. The summed E-state index contributed by atoms with van der Waals surface area (Å²) in [5.41, 5.74) is 3.18. The molecule has 0 saturated carbocycles. The average molecular weight is 542 g/mol. The van der Waals surface area contributed by atoms with Crippen LogP contribution in [-0.4, -0.2) is 25.0 Å². The third-order valence-electron chi connectivity index (χ3n) is 4.23. The van der Waals surface area contributed by atoms with Crippen molar-refractivity contribution in [3.63, 3.8) is 0 Å². The van der Waals surface area contributed by atoms with Crippen LogP contribution >= 0.6 is 47.0 Å². The number of hydrazine groups is 1. The van der Waals surface area contributed by atoms with Crippen LogP contribution in [0, 0.1) is 11.3 Å². The van der Waals surface area contributed by atoms with Gasteiger partial charge in [0.2, 0.25) is 0 Å². The van der Waals surface area contributed by atoms with Gasteiger partial charge in [-0.1, -0.05) is 40.9 Å². The Morgan fingerprint density at radius 3 is 2.42 bits per heavy atom. The predicted octanol–water partition coefficient (Wildman–Crippen LogP) is 5.83. The Bertz CT molecular complexity index is 1340. The van der Waals surface area contributed by atoms with Crippen molar-refractivity contribution >= 4 is 67.8 Å². The van der Waals surface area contributed by atoms with Gasteiger partial charge in [-0.25, -0.2) is 8.42 Å². The van der Waals surface area contributed by atoms with Crippen molar-refractivity contribution in [3.05, 3.63) is 81.3 Å². The van der Waals surface area contributed by atoms with Crippen molar-refractivity contribution in [2.45, 2.75) is 4.90 Å². The van der Waals surface area contributed by atoms with E-state index >= 15 is 0 Å². The van der Waals surface area contributed by atoms with Gasteiger partial charge in [0.1, 0.15) is 23.1 Å². The number of nitrogens with zero attached hydrogens (tertiary/aromatic N) is 2. The van der Waals surface area contributed by atoms with Gasteiger partial charge >= 0.3 is 0 Å². The highest BCUT2D eigenvalue weighted by molar-refractivity contribution is 7.89. The quantitative estimate of drug-likeness (QED) is 0.299. The zero-order valence-electron chi connectivity index (χ0n) is 16.8. The molecule has 0 amide bonds. The number of rotatable bonds is 6. The molecule has 0 saturated heterocycles. The van der Waals surface area contributed by atoms with Crippen LogP contribution < -0.4 is 15.5 Å². The lowest BCUT2D eigenvalue weighted by molar-refractivity contribution is 0.440. The molecule has 3 aromatic rings. The van der Waals surface area contributed by atoms with Crippen LogP contribution in [0.1, 0.15) is 5.56 Å². The van der Waals surface area contributed by atoms with Crippen molar-refractivity contribution in [1.82, 2.24) is 9.84 Å². The summed E-state index contributed by atoms with van der Waals surface area (Å²) in [5, 5.41) is 13.1. The third-order valence-corrected chi connectivity index (χ3v) is 6.99. The molecule has 0 heterocycles. The van der Waals surface area contributed by atoms with Gasteiger partial charge in [-0.05, 0) is 66.8 Å². The number of halogens is 3. The molecule has 170 valence electrons. The van der Waals surface area contributed by atoms with Gasteiger partial charge in [0.05, 0.1) is 20.6 Å². The summed E-state index contributed by atoms with van der Waals surface area (Å²) in [6, 6.07) is 17.2. The Kier molecular flexibility index (Phi) is 8.02. The van der Waals surface area contributed by atoms with Crippen LogP contribution in [0.2, 0.25) is 15.1 Å². The number of anilines is 1. The molecular formula is C21H15Cl3N4O3S2. The number of ether oxygens (including phenoxy) is 1. The molecule has 33 heavy (non-hydrogen) atoms. The summed E-state index contributed by atoms with van der Waals surface area (Å²) in [4.78, 5) is -0.0139. The van der Waals surface area contributed by atoms with E-state index in [2.05, 4.69) is 10.7 Å². The fourth-order valence-electron chi connectivity index (χ4n) is 2.61. The van der Waals surface area contributed by atoms with E-state index in [0.29, 0.717) is 21.5 Å². The van der Waals surface area contributed by atoms with Gasteiger partial charge in [0, 0.05) is 12.1 Å². The third kappa shape index (κ3) is 6.06. The molecule has 2 N–H and O–H groups in total. The number of benzene rings is 3. The monoisotopic (exact) mass is 540 g/mol. The highest BCUT2D eigenvalue weighted by Crippen LogP contribution is 2.30. The zero-order chi connectivity index (χ0) is 24.2. The number of hydrogen-bond donors (Lipinski definition) is 2. The Labute approximate surface area is 211 Å². The molecule has 0 aromatic heterocycles. The molecule has 0 atom stereocenters. The van der Waals surface area contributed by atoms with E-state index in [9.17, 15) is 13.7 Å². The highest BCUT2D eigenvalue weighted by atomic mass is 35.5. The SMILES string of the molecule is CN(NC(=S)Nc1cc(Cl)ccc1Cl)S(=O)(=O)c1ccc(Oc2cccc(Cl)c2C#N)cc1. The van der Waals surface area contributed by atoms with Crippen LogP contribution in [-0.2, 0) is 10.0 Å². The van der Waals surface area contributed by atoms with Crippen molar-refractivity contribution in [2.24, 2.45) is 0 Å². The van der Waals surface area contributed by atoms with E-state index in [0.717, 1.165) is 4.41 Å². The summed E-state index contributed by atoms with van der Waals surface area (Å²) in [5.74, 6) is 0.589. The van der Waals surface area contributed by atoms with E-state index in [-0.39, 0.29) is 26.3 Å². The lowest BCUT2D eigenvalue weighted by atomic mass is 10.2. The summed E-state index contributed by atoms with van der Waals surface area (Å²) < 4.78 is 32.3. The first kappa shape index (κ1) is 25.1. The van der Waals surface area contributed by atoms with Crippen molar-refractivity contribution in [3.8, 4) is 17.6 Å². The highest BCUT2D eigenvalue weighted by Gasteiger charge is 2.22. The first-order valence-corrected chi connectivity index (χ1v) is 12.1. The lowest BCUT2D eigenvalue weighted by Gasteiger charge is -2.21. The maximum absolute atomic E-state index is 12.9. The van der Waals surface area contributed by atoms with E-state index in [1.54, 1.807) is 36.4 Å². The maximum atomic E-state index is 12.9. The fourth-order valence-corrected chi connectivity index (χ4v) is 4.47. The normalized spacial score (nSPS) is 11.0. The molecule has 3 rings (SSSR count). The molecule has 0 fully saturated rings. The molecule has 0 spiro atoms. The molecule has 0 radical (unpaired) electrons.